The molecule has 1 N–H and O–H groups in total. The van der Waals surface area contributed by atoms with Gasteiger partial charge in [-0.25, -0.2) is 4.98 Å². The maximum Gasteiger partial charge on any atom is 0.189 e. The lowest BCUT2D eigenvalue weighted by Gasteiger charge is -2.13. The molecule has 100 valence electrons. The van der Waals surface area contributed by atoms with Crippen molar-refractivity contribution in [2.75, 3.05) is 5.32 Å². The van der Waals surface area contributed by atoms with Crippen molar-refractivity contribution in [3.63, 3.8) is 0 Å². The maximum absolute atomic E-state index is 10.8. The van der Waals surface area contributed by atoms with Gasteiger partial charge in [-0.05, 0) is 24.0 Å². The predicted octanol–water partition coefficient (Wildman–Crippen LogP) is 4.48. The van der Waals surface area contributed by atoms with E-state index in [0.29, 0.717) is 10.0 Å². The number of benzene rings is 1. The van der Waals surface area contributed by atoms with Crippen LogP contribution in [0.25, 0.3) is 0 Å². The van der Waals surface area contributed by atoms with Crippen LogP contribution in [-0.4, -0.2) is 11.3 Å². The summed E-state index contributed by atoms with van der Waals surface area (Å²) < 4.78 is 0. The summed E-state index contributed by atoms with van der Waals surface area (Å²) in [6, 6.07) is 6.25. The first kappa shape index (κ1) is 14.0. The number of halogens is 1. The maximum atomic E-state index is 10.8. The van der Waals surface area contributed by atoms with Crippen molar-refractivity contribution in [2.45, 2.75) is 26.7 Å². The van der Waals surface area contributed by atoms with E-state index in [2.05, 4.69) is 42.3 Å². The Morgan fingerprint density at radius 2 is 1.95 bits per heavy atom. The fourth-order valence-corrected chi connectivity index (χ4v) is 2.92. The van der Waals surface area contributed by atoms with Crippen molar-refractivity contribution in [3.8, 4) is 0 Å². The van der Waals surface area contributed by atoms with E-state index in [4.69, 9.17) is 11.6 Å². The molecule has 1 heterocycles. The second-order valence-corrected chi connectivity index (χ2v) is 5.46. The van der Waals surface area contributed by atoms with E-state index in [-0.39, 0.29) is 5.15 Å². The minimum absolute atomic E-state index is 0.259. The normalized spacial score (nSPS) is 10.5. The van der Waals surface area contributed by atoms with Crippen LogP contribution in [0.1, 0.15) is 34.6 Å². The van der Waals surface area contributed by atoms with Gasteiger partial charge in [0.2, 0.25) is 0 Å². The largest absolute Gasteiger partial charge is 0.331 e. The summed E-state index contributed by atoms with van der Waals surface area (Å²) in [7, 11) is 0. The smallest absolute Gasteiger partial charge is 0.189 e. The van der Waals surface area contributed by atoms with E-state index in [0.717, 1.165) is 24.8 Å². The van der Waals surface area contributed by atoms with E-state index < -0.39 is 0 Å². The zero-order valence-electron chi connectivity index (χ0n) is 10.9. The van der Waals surface area contributed by atoms with Gasteiger partial charge in [0.25, 0.3) is 0 Å². The SMILES string of the molecule is CCc1cccc(CC)c1Nc1nc(Cl)c(C=O)s1. The number of para-hydroxylation sites is 1. The molecule has 0 radical (unpaired) electrons. The van der Waals surface area contributed by atoms with E-state index in [1.165, 1.54) is 22.5 Å². The third-order valence-corrected chi connectivity index (χ3v) is 4.24. The van der Waals surface area contributed by atoms with Crippen LogP contribution in [0.4, 0.5) is 10.8 Å². The summed E-state index contributed by atoms with van der Waals surface area (Å²) >= 11 is 7.16. The molecule has 1 aromatic carbocycles. The molecule has 0 saturated heterocycles. The number of nitrogens with one attached hydrogen (secondary N) is 1. The molecule has 0 atom stereocenters. The number of nitrogens with zero attached hydrogens (tertiary/aromatic N) is 1. The highest BCUT2D eigenvalue weighted by molar-refractivity contribution is 7.17. The Morgan fingerprint density at radius 3 is 2.42 bits per heavy atom. The van der Waals surface area contributed by atoms with Crippen molar-refractivity contribution in [2.24, 2.45) is 0 Å². The fraction of sp³-hybridized carbons (Fsp3) is 0.286. The lowest BCUT2D eigenvalue weighted by Crippen LogP contribution is -1.99. The third kappa shape index (κ3) is 2.96. The summed E-state index contributed by atoms with van der Waals surface area (Å²) in [5, 5.41) is 4.22. The number of aryl methyl sites for hydroxylation is 2. The second kappa shape index (κ2) is 6.17. The van der Waals surface area contributed by atoms with Gasteiger partial charge in [-0.15, -0.1) is 0 Å². The molecule has 5 heteroatoms. The van der Waals surface area contributed by atoms with Crippen LogP contribution in [-0.2, 0) is 12.8 Å². The van der Waals surface area contributed by atoms with Gasteiger partial charge in [0.1, 0.15) is 4.88 Å². The number of thiazole rings is 1. The van der Waals surface area contributed by atoms with Gasteiger partial charge in [0, 0.05) is 5.69 Å². The molecule has 0 aliphatic carbocycles. The van der Waals surface area contributed by atoms with Crippen LogP contribution < -0.4 is 5.32 Å². The molecule has 0 amide bonds. The van der Waals surface area contributed by atoms with Gasteiger partial charge in [-0.1, -0.05) is 55.0 Å². The number of hydrogen-bond donors (Lipinski definition) is 1. The van der Waals surface area contributed by atoms with Gasteiger partial charge in [-0.2, -0.15) is 0 Å². The molecule has 0 spiro atoms. The number of rotatable bonds is 5. The number of aldehydes is 1. The van der Waals surface area contributed by atoms with Gasteiger partial charge < -0.3 is 5.32 Å². The van der Waals surface area contributed by atoms with E-state index in [9.17, 15) is 4.79 Å². The van der Waals surface area contributed by atoms with Crippen molar-refractivity contribution in [1.82, 2.24) is 4.98 Å². The molecule has 19 heavy (non-hydrogen) atoms. The molecular formula is C14H15ClN2OS. The molecule has 0 aliphatic rings. The summed E-state index contributed by atoms with van der Waals surface area (Å²) in [4.78, 5) is 15.4. The van der Waals surface area contributed by atoms with E-state index in [1.54, 1.807) is 0 Å². The molecular weight excluding hydrogens is 280 g/mol. The van der Waals surface area contributed by atoms with Crippen LogP contribution in [0, 0.1) is 0 Å². The van der Waals surface area contributed by atoms with Crippen molar-refractivity contribution >= 4 is 40.0 Å². The van der Waals surface area contributed by atoms with Gasteiger partial charge in [0.05, 0.1) is 0 Å². The quantitative estimate of drug-likeness (QED) is 0.827. The Balaban J connectivity index is 2.38. The Hall–Kier alpha value is -1.39. The number of carbonyl (C=O) groups is 1. The summed E-state index contributed by atoms with van der Waals surface area (Å²) in [5.74, 6) is 0. The molecule has 0 aliphatic heterocycles. The van der Waals surface area contributed by atoms with Crippen molar-refractivity contribution in [1.29, 1.82) is 0 Å². The first-order chi connectivity index (χ1) is 9.19. The van der Waals surface area contributed by atoms with Gasteiger partial charge in [-0.3, -0.25) is 4.79 Å². The van der Waals surface area contributed by atoms with Crippen LogP contribution >= 0.6 is 22.9 Å². The number of hydrogen-bond acceptors (Lipinski definition) is 4. The average molecular weight is 295 g/mol. The lowest BCUT2D eigenvalue weighted by molar-refractivity contribution is 0.112. The fourth-order valence-electron chi connectivity index (χ4n) is 1.95. The third-order valence-electron chi connectivity index (χ3n) is 2.95. The summed E-state index contributed by atoms with van der Waals surface area (Å²) in [6.07, 6.45) is 2.61. The Morgan fingerprint density at radius 1 is 1.32 bits per heavy atom. The first-order valence-corrected chi connectivity index (χ1v) is 7.38. The molecule has 0 bridgehead atoms. The highest BCUT2D eigenvalue weighted by Crippen LogP contribution is 2.31. The van der Waals surface area contributed by atoms with E-state index >= 15 is 0 Å². The van der Waals surface area contributed by atoms with Crippen molar-refractivity contribution in [3.05, 3.63) is 39.4 Å². The molecule has 0 fully saturated rings. The highest BCUT2D eigenvalue weighted by atomic mass is 35.5. The topological polar surface area (TPSA) is 42.0 Å². The average Bonchev–Trinajstić information content (AvgIpc) is 2.79. The number of aromatic nitrogens is 1. The zero-order valence-corrected chi connectivity index (χ0v) is 12.4. The molecule has 2 aromatic rings. The Bertz CT molecular complexity index is 573. The highest BCUT2D eigenvalue weighted by Gasteiger charge is 2.12. The van der Waals surface area contributed by atoms with Crippen molar-refractivity contribution < 1.29 is 4.79 Å². The predicted molar refractivity (Wildman–Crippen MR) is 81.0 cm³/mol. The van der Waals surface area contributed by atoms with Gasteiger partial charge >= 0.3 is 0 Å². The Labute approximate surface area is 121 Å². The molecule has 1 aromatic heterocycles. The minimum Gasteiger partial charge on any atom is -0.331 e. The number of anilines is 2. The Kier molecular flexibility index (Phi) is 4.56. The van der Waals surface area contributed by atoms with Gasteiger partial charge in [0.15, 0.2) is 16.6 Å². The lowest BCUT2D eigenvalue weighted by atomic mass is 10.0. The van der Waals surface area contributed by atoms with Crippen LogP contribution in [0.3, 0.4) is 0 Å². The van der Waals surface area contributed by atoms with Crippen LogP contribution in [0.2, 0.25) is 5.15 Å². The summed E-state index contributed by atoms with van der Waals surface area (Å²) in [6.45, 7) is 4.23. The molecule has 0 saturated carbocycles. The zero-order chi connectivity index (χ0) is 13.8. The minimum atomic E-state index is 0.259. The number of carbonyl (C=O) groups excluding carboxylic acids is 1. The van der Waals surface area contributed by atoms with Crippen LogP contribution in [0.5, 0.6) is 0 Å². The van der Waals surface area contributed by atoms with E-state index in [1.807, 2.05) is 0 Å². The first-order valence-electron chi connectivity index (χ1n) is 6.18. The summed E-state index contributed by atoms with van der Waals surface area (Å²) in [5.41, 5.74) is 3.55. The van der Waals surface area contributed by atoms with Crippen LogP contribution in [0.15, 0.2) is 18.2 Å². The second-order valence-electron chi connectivity index (χ2n) is 4.08. The molecule has 0 unspecified atom stereocenters. The molecule has 2 rings (SSSR count). The standard InChI is InChI=1S/C14H15ClN2OS/c1-3-9-6-5-7-10(4-2)12(9)16-14-17-13(15)11(8-18)19-14/h5-8H,3-4H2,1-2H3,(H,16,17). The molecule has 3 nitrogen and oxygen atoms in total. The monoisotopic (exact) mass is 294 g/mol.